The molecule has 0 unspecified atom stereocenters. The van der Waals surface area contributed by atoms with Crippen molar-refractivity contribution in [3.8, 4) is 23.0 Å². The minimum atomic E-state index is 0.428. The second kappa shape index (κ2) is 11.0. The summed E-state index contributed by atoms with van der Waals surface area (Å²) in [4.78, 5) is 4.76. The molecule has 3 rings (SSSR count). The van der Waals surface area contributed by atoms with Crippen LogP contribution < -0.4 is 18.9 Å². The van der Waals surface area contributed by atoms with Gasteiger partial charge in [0.25, 0.3) is 0 Å². The zero-order valence-corrected chi connectivity index (χ0v) is 19.2. The van der Waals surface area contributed by atoms with Crippen LogP contribution in [0.15, 0.2) is 83.6 Å². The van der Waals surface area contributed by atoms with Crippen LogP contribution in [-0.4, -0.2) is 19.6 Å². The monoisotopic (exact) mass is 431 g/mol. The summed E-state index contributed by atoms with van der Waals surface area (Å²) in [7, 11) is 1.61. The van der Waals surface area contributed by atoms with Crippen LogP contribution in [0.4, 0.5) is 5.69 Å². The maximum atomic E-state index is 6.17. The smallest absolute Gasteiger partial charge is 0.225 e. The maximum Gasteiger partial charge on any atom is 0.225 e. The van der Waals surface area contributed by atoms with E-state index >= 15 is 0 Å². The van der Waals surface area contributed by atoms with Crippen molar-refractivity contribution in [1.82, 2.24) is 0 Å². The third kappa shape index (κ3) is 6.14. The average Bonchev–Trinajstić information content (AvgIpc) is 2.80. The predicted molar refractivity (Wildman–Crippen MR) is 129 cm³/mol. The van der Waals surface area contributed by atoms with Gasteiger partial charge in [0.15, 0.2) is 11.5 Å². The minimum Gasteiger partial charge on any atom is -0.494 e. The van der Waals surface area contributed by atoms with Gasteiger partial charge in [-0.2, -0.15) is 0 Å². The lowest BCUT2D eigenvalue weighted by molar-refractivity contribution is 0.339. The van der Waals surface area contributed by atoms with Gasteiger partial charge < -0.3 is 18.9 Å². The van der Waals surface area contributed by atoms with Gasteiger partial charge in [-0.05, 0) is 75.2 Å². The zero-order valence-electron chi connectivity index (χ0n) is 19.2. The van der Waals surface area contributed by atoms with Gasteiger partial charge in [-0.25, -0.2) is 4.99 Å². The van der Waals surface area contributed by atoms with Crippen LogP contribution in [0.25, 0.3) is 0 Å². The van der Waals surface area contributed by atoms with Gasteiger partial charge in [-0.1, -0.05) is 24.3 Å². The number of rotatable bonds is 8. The van der Waals surface area contributed by atoms with E-state index < -0.39 is 0 Å². The quantitative estimate of drug-likeness (QED) is 0.223. The van der Waals surface area contributed by atoms with Crippen molar-refractivity contribution < 1.29 is 18.9 Å². The summed E-state index contributed by atoms with van der Waals surface area (Å²) in [5, 5.41) is 0. The third-order valence-corrected chi connectivity index (χ3v) is 4.82. The lowest BCUT2D eigenvalue weighted by Crippen LogP contribution is -2.11. The number of nitrogens with zero attached hydrogens (tertiary/aromatic N) is 1. The van der Waals surface area contributed by atoms with E-state index in [0.717, 1.165) is 22.6 Å². The number of benzene rings is 3. The first-order chi connectivity index (χ1) is 15.5. The van der Waals surface area contributed by atoms with Crippen molar-refractivity contribution in [2.45, 2.75) is 27.7 Å². The largest absolute Gasteiger partial charge is 0.494 e. The molecule has 5 heteroatoms. The minimum absolute atomic E-state index is 0.428. The lowest BCUT2D eigenvalue weighted by Gasteiger charge is -2.12. The van der Waals surface area contributed by atoms with E-state index in [1.807, 2.05) is 80.6 Å². The first-order valence-corrected chi connectivity index (χ1v) is 10.5. The van der Waals surface area contributed by atoms with Crippen LogP contribution >= 0.6 is 0 Å². The molecule has 0 aromatic heterocycles. The molecular formula is C27H29NO4. The molecule has 0 aliphatic rings. The number of aryl methyl sites for hydroxylation is 2. The number of aliphatic imine (C=N–C) groups is 1. The Balaban J connectivity index is 1.94. The Labute approximate surface area is 189 Å². The molecule has 0 saturated carbocycles. The molecule has 0 saturated heterocycles. The lowest BCUT2D eigenvalue weighted by atomic mass is 10.1. The van der Waals surface area contributed by atoms with Crippen molar-refractivity contribution in [3.63, 3.8) is 0 Å². The highest BCUT2D eigenvalue weighted by Crippen LogP contribution is 2.27. The topological polar surface area (TPSA) is 49.3 Å². The highest BCUT2D eigenvalue weighted by Gasteiger charge is 2.10. The van der Waals surface area contributed by atoms with Crippen LogP contribution in [0.5, 0.6) is 23.0 Å². The SMILES string of the molecule is CCOc1cccc(OC(=N/c2ccc(C)c(C)c2)/C(C)=C/Oc2ccccc2OC)c1. The van der Waals surface area contributed by atoms with Crippen LogP contribution in [0.2, 0.25) is 0 Å². The van der Waals surface area contributed by atoms with E-state index in [9.17, 15) is 0 Å². The molecule has 5 nitrogen and oxygen atoms in total. The molecule has 3 aromatic carbocycles. The van der Waals surface area contributed by atoms with E-state index in [0.29, 0.717) is 29.8 Å². The summed E-state index contributed by atoms with van der Waals surface area (Å²) in [5.41, 5.74) is 3.89. The second-order valence-electron chi connectivity index (χ2n) is 7.27. The average molecular weight is 432 g/mol. The van der Waals surface area contributed by atoms with Crippen molar-refractivity contribution in [3.05, 3.63) is 89.7 Å². The van der Waals surface area contributed by atoms with Crippen molar-refractivity contribution >= 4 is 11.6 Å². The molecule has 0 radical (unpaired) electrons. The molecular weight excluding hydrogens is 402 g/mol. The summed E-state index contributed by atoms with van der Waals surface area (Å²) in [6.45, 7) is 8.56. The molecule has 32 heavy (non-hydrogen) atoms. The molecule has 0 atom stereocenters. The van der Waals surface area contributed by atoms with E-state index in [2.05, 4.69) is 13.8 Å². The van der Waals surface area contributed by atoms with Crippen LogP contribution in [0.3, 0.4) is 0 Å². The van der Waals surface area contributed by atoms with Gasteiger partial charge in [0.2, 0.25) is 5.90 Å². The number of para-hydroxylation sites is 2. The Morgan fingerprint density at radius 1 is 0.875 bits per heavy atom. The highest BCUT2D eigenvalue weighted by atomic mass is 16.5. The van der Waals surface area contributed by atoms with Crippen molar-refractivity contribution in [2.75, 3.05) is 13.7 Å². The van der Waals surface area contributed by atoms with E-state index in [4.69, 9.17) is 23.9 Å². The molecule has 0 aliphatic carbocycles. The van der Waals surface area contributed by atoms with E-state index in [1.54, 1.807) is 13.4 Å². The Bertz CT molecular complexity index is 1120. The first kappa shape index (κ1) is 22.9. The maximum absolute atomic E-state index is 6.17. The van der Waals surface area contributed by atoms with E-state index in [-0.39, 0.29) is 0 Å². The molecule has 0 aliphatic heterocycles. The van der Waals surface area contributed by atoms with Crippen molar-refractivity contribution in [2.24, 2.45) is 4.99 Å². The second-order valence-corrected chi connectivity index (χ2v) is 7.27. The molecule has 0 bridgehead atoms. The molecule has 0 N–H and O–H groups in total. The summed E-state index contributed by atoms with van der Waals surface area (Å²) in [5.74, 6) is 3.05. The fourth-order valence-corrected chi connectivity index (χ4v) is 2.93. The van der Waals surface area contributed by atoms with Gasteiger partial charge >= 0.3 is 0 Å². The Morgan fingerprint density at radius 3 is 2.34 bits per heavy atom. The number of hydrogen-bond donors (Lipinski definition) is 0. The summed E-state index contributed by atoms with van der Waals surface area (Å²) in [6.07, 6.45) is 1.62. The Kier molecular flexibility index (Phi) is 7.92. The molecule has 3 aromatic rings. The van der Waals surface area contributed by atoms with Crippen LogP contribution in [0.1, 0.15) is 25.0 Å². The van der Waals surface area contributed by atoms with E-state index in [1.165, 1.54) is 5.56 Å². The molecule has 0 fully saturated rings. The Morgan fingerprint density at radius 2 is 1.62 bits per heavy atom. The van der Waals surface area contributed by atoms with Gasteiger partial charge in [-0.15, -0.1) is 0 Å². The fraction of sp³-hybridized carbons (Fsp3) is 0.222. The molecule has 0 heterocycles. The van der Waals surface area contributed by atoms with Crippen LogP contribution in [-0.2, 0) is 0 Å². The Hall–Kier alpha value is -3.73. The van der Waals surface area contributed by atoms with Gasteiger partial charge in [0, 0.05) is 11.6 Å². The normalized spacial score (nSPS) is 11.8. The fourth-order valence-electron chi connectivity index (χ4n) is 2.93. The molecule has 0 amide bonds. The third-order valence-electron chi connectivity index (χ3n) is 4.82. The highest BCUT2D eigenvalue weighted by molar-refractivity contribution is 5.96. The first-order valence-electron chi connectivity index (χ1n) is 10.5. The van der Waals surface area contributed by atoms with Crippen LogP contribution in [0, 0.1) is 13.8 Å². The summed E-state index contributed by atoms with van der Waals surface area (Å²) >= 11 is 0. The number of hydrogen-bond acceptors (Lipinski definition) is 5. The zero-order chi connectivity index (χ0) is 22.9. The van der Waals surface area contributed by atoms with Gasteiger partial charge in [0.1, 0.15) is 11.5 Å². The standard InChI is InChI=1S/C27H29NO4/c1-6-30-23-10-9-11-24(17-23)32-27(28-22-15-14-19(2)20(3)16-22)21(4)18-31-26-13-8-7-12-25(26)29-5/h7-18H,6H2,1-5H3/b21-18+,28-27+. The summed E-state index contributed by atoms with van der Waals surface area (Å²) in [6, 6.07) is 21.0. The predicted octanol–water partition coefficient (Wildman–Crippen LogP) is 6.80. The van der Waals surface area contributed by atoms with Gasteiger partial charge in [0.05, 0.1) is 25.7 Å². The summed E-state index contributed by atoms with van der Waals surface area (Å²) < 4.78 is 23.0. The molecule has 0 spiro atoms. The van der Waals surface area contributed by atoms with Gasteiger partial charge in [-0.3, -0.25) is 0 Å². The van der Waals surface area contributed by atoms with Crippen molar-refractivity contribution in [1.29, 1.82) is 0 Å². The molecule has 166 valence electrons. The number of ether oxygens (including phenoxy) is 4. The number of methoxy groups -OCH3 is 1.